The Bertz CT molecular complexity index is 182. The Morgan fingerprint density at radius 2 is 2.08 bits per heavy atom. The van der Waals surface area contributed by atoms with E-state index in [0.29, 0.717) is 5.75 Å². The SMILES string of the molecule is CC(CS(C)=O)NC(=O)N(C)C. The monoisotopic (exact) mass is 192 g/mol. The second-order valence-electron chi connectivity index (χ2n) is 2.98. The Balaban J connectivity index is 3.76. The summed E-state index contributed by atoms with van der Waals surface area (Å²) in [5, 5.41) is 2.70. The van der Waals surface area contributed by atoms with Crippen LogP contribution in [0.15, 0.2) is 0 Å². The topological polar surface area (TPSA) is 49.4 Å². The Labute approximate surface area is 75.8 Å². The first-order valence-corrected chi connectivity index (χ1v) is 5.44. The number of hydrogen-bond acceptors (Lipinski definition) is 2. The van der Waals surface area contributed by atoms with Gasteiger partial charge < -0.3 is 10.2 Å². The molecular formula is C7H16N2O2S. The molecule has 0 aromatic rings. The van der Waals surface area contributed by atoms with E-state index in [9.17, 15) is 9.00 Å². The molecule has 0 rings (SSSR count). The summed E-state index contributed by atoms with van der Waals surface area (Å²) in [6.45, 7) is 1.84. The third-order valence-corrected chi connectivity index (χ3v) is 2.23. The molecule has 0 aromatic carbocycles. The van der Waals surface area contributed by atoms with Crippen LogP contribution in [0.1, 0.15) is 6.92 Å². The molecule has 0 radical (unpaired) electrons. The zero-order chi connectivity index (χ0) is 9.72. The van der Waals surface area contributed by atoms with E-state index in [1.54, 1.807) is 20.4 Å². The molecule has 12 heavy (non-hydrogen) atoms. The van der Waals surface area contributed by atoms with Crippen molar-refractivity contribution in [1.29, 1.82) is 0 Å². The van der Waals surface area contributed by atoms with E-state index in [-0.39, 0.29) is 12.1 Å². The van der Waals surface area contributed by atoms with Gasteiger partial charge in [-0.25, -0.2) is 4.79 Å². The predicted molar refractivity (Wildman–Crippen MR) is 50.6 cm³/mol. The number of nitrogens with zero attached hydrogens (tertiary/aromatic N) is 1. The molecule has 0 heterocycles. The highest BCUT2D eigenvalue weighted by Gasteiger charge is 2.09. The van der Waals surface area contributed by atoms with Crippen LogP contribution < -0.4 is 5.32 Å². The Hall–Kier alpha value is -0.580. The van der Waals surface area contributed by atoms with Crippen molar-refractivity contribution < 1.29 is 9.00 Å². The Morgan fingerprint density at radius 1 is 1.58 bits per heavy atom. The zero-order valence-electron chi connectivity index (χ0n) is 7.96. The molecule has 5 heteroatoms. The number of urea groups is 1. The predicted octanol–water partition coefficient (Wildman–Crippen LogP) is 0.0246. The van der Waals surface area contributed by atoms with Crippen molar-refractivity contribution in [2.75, 3.05) is 26.1 Å². The third kappa shape index (κ3) is 5.12. The number of rotatable bonds is 3. The molecule has 0 bridgehead atoms. The van der Waals surface area contributed by atoms with Crippen LogP contribution in [-0.4, -0.2) is 47.3 Å². The standard InChI is InChI=1S/C7H16N2O2S/c1-6(5-12(4)11)8-7(10)9(2)3/h6H,5H2,1-4H3,(H,8,10). The fourth-order valence-corrected chi connectivity index (χ4v) is 1.52. The van der Waals surface area contributed by atoms with Gasteiger partial charge in [0.15, 0.2) is 0 Å². The maximum Gasteiger partial charge on any atom is 0.317 e. The molecule has 2 atom stereocenters. The van der Waals surface area contributed by atoms with Gasteiger partial charge in [-0.1, -0.05) is 0 Å². The summed E-state index contributed by atoms with van der Waals surface area (Å²) in [4.78, 5) is 12.5. The Kier molecular flexibility index (Phi) is 4.89. The van der Waals surface area contributed by atoms with Crippen molar-refractivity contribution in [3.63, 3.8) is 0 Å². The molecule has 72 valence electrons. The van der Waals surface area contributed by atoms with Crippen molar-refractivity contribution in [2.45, 2.75) is 13.0 Å². The van der Waals surface area contributed by atoms with Crippen molar-refractivity contribution in [1.82, 2.24) is 10.2 Å². The molecule has 0 aliphatic carbocycles. The molecule has 0 aromatic heterocycles. The molecule has 4 nitrogen and oxygen atoms in total. The second kappa shape index (κ2) is 5.13. The highest BCUT2D eigenvalue weighted by Crippen LogP contribution is 1.87. The highest BCUT2D eigenvalue weighted by molar-refractivity contribution is 7.84. The van der Waals surface area contributed by atoms with Crippen molar-refractivity contribution >= 4 is 16.8 Å². The third-order valence-electron chi connectivity index (χ3n) is 1.26. The van der Waals surface area contributed by atoms with Crippen LogP contribution in [0.2, 0.25) is 0 Å². The summed E-state index contributed by atoms with van der Waals surface area (Å²) < 4.78 is 10.8. The van der Waals surface area contributed by atoms with Crippen molar-refractivity contribution in [2.24, 2.45) is 0 Å². The largest absolute Gasteiger partial charge is 0.335 e. The molecule has 0 spiro atoms. The van der Waals surface area contributed by atoms with Gasteiger partial charge in [-0.15, -0.1) is 0 Å². The average Bonchev–Trinajstić information content (AvgIpc) is 1.84. The van der Waals surface area contributed by atoms with E-state index in [2.05, 4.69) is 5.32 Å². The van der Waals surface area contributed by atoms with E-state index in [0.717, 1.165) is 0 Å². The number of nitrogens with one attached hydrogen (secondary N) is 1. The summed E-state index contributed by atoms with van der Waals surface area (Å²) in [6, 6.07) is -0.182. The minimum absolute atomic E-state index is 0.0364. The van der Waals surface area contributed by atoms with Gasteiger partial charge in [0, 0.05) is 42.9 Å². The van der Waals surface area contributed by atoms with Crippen LogP contribution in [0.3, 0.4) is 0 Å². The van der Waals surface area contributed by atoms with E-state index in [1.807, 2.05) is 6.92 Å². The van der Waals surface area contributed by atoms with Crippen LogP contribution in [-0.2, 0) is 10.8 Å². The van der Waals surface area contributed by atoms with Crippen molar-refractivity contribution in [3.8, 4) is 0 Å². The summed E-state index contributed by atoms with van der Waals surface area (Å²) in [5.41, 5.74) is 0. The number of hydrogen-bond donors (Lipinski definition) is 1. The number of carbonyl (C=O) groups excluding carboxylic acids is 1. The van der Waals surface area contributed by atoms with E-state index >= 15 is 0 Å². The zero-order valence-corrected chi connectivity index (χ0v) is 8.77. The molecule has 2 unspecified atom stereocenters. The van der Waals surface area contributed by atoms with Gasteiger partial charge in [0.25, 0.3) is 0 Å². The fourth-order valence-electron chi connectivity index (χ4n) is 0.734. The normalized spacial score (nSPS) is 15.0. The van der Waals surface area contributed by atoms with Gasteiger partial charge in [0.1, 0.15) is 0 Å². The molecule has 0 aliphatic rings. The van der Waals surface area contributed by atoms with Crippen molar-refractivity contribution in [3.05, 3.63) is 0 Å². The highest BCUT2D eigenvalue weighted by atomic mass is 32.2. The fraction of sp³-hybridized carbons (Fsp3) is 0.857. The summed E-state index contributed by atoms with van der Waals surface area (Å²) >= 11 is 0. The summed E-state index contributed by atoms with van der Waals surface area (Å²) in [7, 11) is 2.48. The van der Waals surface area contributed by atoms with Crippen LogP contribution >= 0.6 is 0 Å². The Morgan fingerprint density at radius 3 is 2.42 bits per heavy atom. The van der Waals surface area contributed by atoms with E-state index in [4.69, 9.17) is 0 Å². The second-order valence-corrected chi connectivity index (χ2v) is 4.46. The van der Waals surface area contributed by atoms with Gasteiger partial charge in [0.2, 0.25) is 0 Å². The quantitative estimate of drug-likeness (QED) is 0.685. The molecule has 2 amide bonds. The first-order valence-electron chi connectivity index (χ1n) is 3.71. The van der Waals surface area contributed by atoms with Gasteiger partial charge in [-0.05, 0) is 6.92 Å². The lowest BCUT2D eigenvalue weighted by molar-refractivity contribution is 0.215. The van der Waals surface area contributed by atoms with Gasteiger partial charge >= 0.3 is 6.03 Å². The van der Waals surface area contributed by atoms with Crippen LogP contribution in [0.25, 0.3) is 0 Å². The minimum Gasteiger partial charge on any atom is -0.335 e. The summed E-state index contributed by atoms with van der Waals surface area (Å²) in [5.74, 6) is 0.500. The van der Waals surface area contributed by atoms with Gasteiger partial charge in [-0.3, -0.25) is 4.21 Å². The maximum absolute atomic E-state index is 11.1. The molecule has 0 aliphatic heterocycles. The van der Waals surface area contributed by atoms with E-state index in [1.165, 1.54) is 4.90 Å². The number of carbonyl (C=O) groups is 1. The minimum atomic E-state index is -0.859. The molecule has 0 saturated heterocycles. The first kappa shape index (κ1) is 11.4. The molecular weight excluding hydrogens is 176 g/mol. The van der Waals surface area contributed by atoms with Crippen LogP contribution in [0.4, 0.5) is 4.79 Å². The lowest BCUT2D eigenvalue weighted by Gasteiger charge is -2.16. The molecule has 0 fully saturated rings. The first-order chi connectivity index (χ1) is 5.43. The van der Waals surface area contributed by atoms with Gasteiger partial charge in [0.05, 0.1) is 0 Å². The maximum atomic E-state index is 11.1. The molecule has 0 saturated carbocycles. The average molecular weight is 192 g/mol. The van der Waals surface area contributed by atoms with E-state index < -0.39 is 10.8 Å². The van der Waals surface area contributed by atoms with Crippen LogP contribution in [0, 0.1) is 0 Å². The summed E-state index contributed by atoms with van der Waals surface area (Å²) in [6.07, 6.45) is 1.62. The van der Waals surface area contributed by atoms with Gasteiger partial charge in [-0.2, -0.15) is 0 Å². The lowest BCUT2D eigenvalue weighted by Crippen LogP contribution is -2.42. The molecule has 1 N–H and O–H groups in total. The number of amides is 2. The smallest absolute Gasteiger partial charge is 0.317 e. The lowest BCUT2D eigenvalue weighted by atomic mass is 10.4. The van der Waals surface area contributed by atoms with Crippen LogP contribution in [0.5, 0.6) is 0 Å².